The lowest BCUT2D eigenvalue weighted by atomic mass is 9.80. The van der Waals surface area contributed by atoms with Crippen LogP contribution in [0.1, 0.15) is 241 Å². The molecule has 3 amide bonds. The monoisotopic (exact) mass is 2040 g/mol. The molecule has 3 aliphatic carbocycles. The van der Waals surface area contributed by atoms with Gasteiger partial charge in [-0.2, -0.15) is 0 Å². The van der Waals surface area contributed by atoms with Gasteiger partial charge in [0.1, 0.15) is 52.4 Å². The second-order valence-corrected chi connectivity index (χ2v) is 41.4. The van der Waals surface area contributed by atoms with Crippen molar-refractivity contribution in [3.05, 3.63) is 187 Å². The number of hydrogen-bond donors (Lipinski definition) is 5. The van der Waals surface area contributed by atoms with Gasteiger partial charge in [-0.15, -0.1) is 34.0 Å². The number of methoxy groups -OCH3 is 5. The first-order valence-corrected chi connectivity index (χ1v) is 48.0. The number of hydrogen-bond acceptors (Lipinski definition) is 29. The van der Waals surface area contributed by atoms with E-state index < -0.39 is 108 Å². The number of allylic oxidation sites excluding steroid dienone is 3. The van der Waals surface area contributed by atoms with Crippen molar-refractivity contribution >= 4 is 152 Å². The number of carbonyl (C=O) groups excluding carboxylic acids is 6. The molecule has 3 saturated carbocycles. The maximum atomic E-state index is 14.2. The van der Waals surface area contributed by atoms with Crippen LogP contribution in [-0.4, -0.2) is 186 Å². The van der Waals surface area contributed by atoms with Gasteiger partial charge in [0.15, 0.2) is 32.5 Å². The topological polar surface area (TPSA) is 384 Å². The number of amides is 3. The number of aliphatic imine (C=N–C) groups is 3. The number of thiazole rings is 3. The summed E-state index contributed by atoms with van der Waals surface area (Å²) < 4.78 is 131. The Morgan fingerprint density at radius 3 is 1.15 bits per heavy atom. The number of nitrogens with one attached hydrogen (secondary N) is 5. The molecule has 12 rings (SSSR count). The van der Waals surface area contributed by atoms with Crippen molar-refractivity contribution in [1.82, 2.24) is 45.8 Å². The number of esters is 3. The predicted octanol–water partition coefficient (Wildman–Crippen LogP) is 21.0. The Balaban J connectivity index is 0.000000633. The van der Waals surface area contributed by atoms with Gasteiger partial charge < -0.3 is 59.2 Å². The molecule has 6 heterocycles. The van der Waals surface area contributed by atoms with Crippen molar-refractivity contribution in [1.29, 1.82) is 0 Å². The van der Waals surface area contributed by atoms with Crippen LogP contribution < -0.4 is 26.0 Å². The molecule has 3 fully saturated rings. The number of aromatic nitrogens is 3. The lowest BCUT2D eigenvalue weighted by Gasteiger charge is -2.40. The molecule has 3 aromatic heterocycles. The van der Waals surface area contributed by atoms with E-state index in [1.807, 2.05) is 31.5 Å². The lowest BCUT2D eigenvalue weighted by molar-refractivity contribution is -0.137. The highest BCUT2D eigenvalue weighted by Gasteiger charge is 2.48. The number of ether oxygens (including phenoxy) is 8. The quantitative estimate of drug-likeness (QED) is 0.0239. The summed E-state index contributed by atoms with van der Waals surface area (Å²) in [5, 5.41) is 20.0. The van der Waals surface area contributed by atoms with Crippen LogP contribution >= 0.6 is 79.5 Å². The third kappa shape index (κ3) is 34.5. The van der Waals surface area contributed by atoms with Crippen LogP contribution in [0.4, 0.5) is 27.6 Å². The molecule has 42 heteroatoms. The van der Waals surface area contributed by atoms with Crippen LogP contribution in [0.25, 0.3) is 0 Å². The zero-order chi connectivity index (χ0) is 92.3. The number of sulfonamides is 1. The van der Waals surface area contributed by atoms with E-state index in [2.05, 4.69) is 45.7 Å². The molecule has 3 atom stereocenters. The van der Waals surface area contributed by atoms with E-state index in [1.54, 1.807) is 71.6 Å². The largest absolute Gasteiger partial charge is 0.466 e. The average Bonchev–Trinajstić information content (AvgIpc) is 1.48. The summed E-state index contributed by atoms with van der Waals surface area (Å²) in [5.74, 6) is -2.80. The minimum absolute atomic E-state index is 0. The van der Waals surface area contributed by atoms with Gasteiger partial charge in [-0.1, -0.05) is 105 Å². The fraction of sp³-hybridized carbons (Fsp3) is 0.538. The van der Waals surface area contributed by atoms with Gasteiger partial charge in [-0.3, -0.25) is 9.98 Å². The summed E-state index contributed by atoms with van der Waals surface area (Å²) in [6, 6.07) is 8.64. The smallest absolute Gasteiger partial charge is 0.416 e. The Labute approximate surface area is 813 Å². The highest BCUT2D eigenvalue weighted by Crippen LogP contribution is 2.48. The second-order valence-electron chi connectivity index (χ2n) is 32.7. The molecule has 5 N–H and O–H groups in total. The summed E-state index contributed by atoms with van der Waals surface area (Å²) in [4.78, 5) is 107. The van der Waals surface area contributed by atoms with E-state index in [1.165, 1.54) is 117 Å². The van der Waals surface area contributed by atoms with Gasteiger partial charge in [0.05, 0.1) is 68.5 Å². The first-order valence-electron chi connectivity index (χ1n) is 40.1. The van der Waals surface area contributed by atoms with Gasteiger partial charge in [0, 0.05) is 121 Å². The Hall–Kier alpha value is -8.67. The maximum absolute atomic E-state index is 14.2. The lowest BCUT2D eigenvalue weighted by Crippen LogP contribution is -2.48. The normalized spacial score (nSPS) is 20.0. The average molecular weight is 2040 g/mol. The molecule has 3 aromatic carbocycles. The van der Waals surface area contributed by atoms with Crippen molar-refractivity contribution in [3.8, 4) is 0 Å². The first kappa shape index (κ1) is 120. The van der Waals surface area contributed by atoms with Gasteiger partial charge >= 0.3 is 36.2 Å². The molecule has 0 bridgehead atoms. The Morgan fingerprint density at radius 1 is 0.474 bits per heavy atom. The molecule has 742 valence electrons. The van der Waals surface area contributed by atoms with Gasteiger partial charge in [0.2, 0.25) is 19.1 Å². The van der Waals surface area contributed by atoms with Crippen LogP contribution in [0.2, 0.25) is 15.1 Å². The van der Waals surface area contributed by atoms with E-state index in [-0.39, 0.29) is 139 Å². The van der Waals surface area contributed by atoms with Gasteiger partial charge in [-0.25, -0.2) is 88.3 Å². The molecular formula is C91H131Cl4F3N12O18S5. The Kier molecular flexibility index (Phi) is 48.6. The van der Waals surface area contributed by atoms with Crippen LogP contribution in [0.3, 0.4) is 0 Å². The Morgan fingerprint density at radius 2 is 0.820 bits per heavy atom. The van der Waals surface area contributed by atoms with Crippen LogP contribution in [-0.2, 0) is 71.4 Å². The van der Waals surface area contributed by atoms with E-state index >= 15 is 0 Å². The summed E-state index contributed by atoms with van der Waals surface area (Å²) in [7, 11) is 4.75. The molecule has 3 unspecified atom stereocenters. The highest BCUT2D eigenvalue weighted by molar-refractivity contribution is 8.13. The summed E-state index contributed by atoms with van der Waals surface area (Å²) in [6.07, 6.45) is 10.8. The summed E-state index contributed by atoms with van der Waals surface area (Å²) in [6.45, 7) is 16.3. The van der Waals surface area contributed by atoms with Crippen molar-refractivity contribution in [3.63, 3.8) is 0 Å². The first-order chi connectivity index (χ1) is 59.4. The van der Waals surface area contributed by atoms with Gasteiger partial charge in [0.25, 0.3) is 0 Å². The Bertz CT molecular complexity index is 5280. The van der Waals surface area contributed by atoms with E-state index in [9.17, 15) is 58.8 Å². The van der Waals surface area contributed by atoms with Crippen molar-refractivity contribution < 1.29 is 96.7 Å². The van der Waals surface area contributed by atoms with Gasteiger partial charge in [-0.05, 0) is 193 Å². The number of nitrogens with zero attached hydrogens (tertiary/aromatic N) is 7. The number of rotatable bonds is 22. The minimum atomic E-state index is -3.45. The van der Waals surface area contributed by atoms with E-state index in [4.69, 9.17) is 93.6 Å². The van der Waals surface area contributed by atoms with E-state index in [0.717, 1.165) is 6.07 Å². The zero-order valence-electron chi connectivity index (χ0n) is 71.8. The number of amidine groups is 3. The molecule has 0 spiro atoms. The summed E-state index contributed by atoms with van der Waals surface area (Å²) >= 11 is 23.5. The summed E-state index contributed by atoms with van der Waals surface area (Å²) in [5.41, 5.74) is 1.63. The molecule has 6 aromatic rings. The SMILES string of the molecule is C.C.C.C.C.C.C.COC(=O)C1=C(C2CCC(NC(=O)OC(C)(C)C)CC2)N=C(c2nccs2)N(C(=O)OC(C)(C)C)C1c1ccc(F)cc1Cl.COC(=O)C1=C(C2CCC(NC(=O)OC(C)(C)C)CC2)NC(c2nccs2)=NC1c1ccc(F)cc1Cl.COCCS(=O)(=O)Cl.COCCS(=O)(=O)NC1CCC(C2=C(C(=O)OC)C(c3ccc(F)cc3Cl)N=C(c3nccs3)N2)CC1. The second kappa shape index (κ2) is 53.7. The molecule has 0 radical (unpaired) electrons. The molecule has 30 nitrogen and oxygen atoms in total. The third-order valence-electron chi connectivity index (χ3n) is 20.1. The third-order valence-corrected chi connectivity index (χ3v) is 26.0. The molecule has 0 saturated heterocycles. The fourth-order valence-electron chi connectivity index (χ4n) is 14.7. The number of benzene rings is 3. The van der Waals surface area contributed by atoms with Crippen LogP contribution in [0.5, 0.6) is 0 Å². The van der Waals surface area contributed by atoms with E-state index in [0.29, 0.717) is 149 Å². The number of carbonyl (C=O) groups is 6. The predicted molar refractivity (Wildman–Crippen MR) is 523 cm³/mol. The maximum Gasteiger partial charge on any atom is 0.416 e. The number of alkyl carbamates (subject to hydrolysis) is 2. The number of halogens is 7. The molecule has 3 aliphatic heterocycles. The zero-order valence-corrected chi connectivity index (χ0v) is 78.9. The van der Waals surface area contributed by atoms with Crippen LogP contribution in [0.15, 0.2) is 138 Å². The van der Waals surface area contributed by atoms with Crippen LogP contribution in [0, 0.1) is 35.2 Å². The standard InChI is InChI=1S/C31H38ClFN4O6S.C26H30ClFN4O4S.C24H28ClFN4O5S2.C3H7ClO3S.7CH4/c1-30(2,3)42-28(39)35-19-11-8-17(9-12-19)23-22(27(38)41-7)24(20-13-10-18(33)16-21(20)32)37(29(40)43-31(4,5)6)25(36-23)26-34-14-15-44-26;1-26(2,3)36-25(34)30-16-8-5-14(6-9-16)20-19(24(33)35-4)21(17-10-7-15(28)13-18(17)27)32-22(31-20)23-29-11-12-37-23;1-34-10-12-37(32,33)30-16-6-3-14(4-7-16)20-19(24(31)35-2)21(17-8-5-15(26)13-18(17)25)29-22(28-20)23-27-9-11-36-23;1-7-2-3-8(4,5)6;;;;;;;/h10,13-17,19,24H,8-9,11-12H2,1-7H3,(H,35,39);7,10-14,16,21H,5-6,8-9H2,1-4H3,(H,30,34)(H,31,32);5,8-9,11,13-14,16,21,30H,3-4,6-7,10,12H2,1-2H3,(H,28,29);2-3H2,1H3;7*1H4. The van der Waals surface area contributed by atoms with Crippen molar-refractivity contribution in [2.45, 2.75) is 244 Å². The molecule has 6 aliphatic rings. The molecular weight excluding hydrogens is 1910 g/mol. The van der Waals surface area contributed by atoms with Crippen molar-refractivity contribution in [2.24, 2.45) is 32.7 Å². The van der Waals surface area contributed by atoms with Crippen molar-refractivity contribution in [2.75, 3.05) is 60.3 Å². The molecule has 133 heavy (non-hydrogen) atoms. The minimum Gasteiger partial charge on any atom is -0.466 e. The highest BCUT2D eigenvalue weighted by atomic mass is 35.7. The fourth-order valence-corrected chi connectivity index (χ4v) is 19.1.